The summed E-state index contributed by atoms with van der Waals surface area (Å²) in [5.41, 5.74) is 8.81. The molecule has 1 fully saturated rings. The molecule has 1 aromatic carbocycles. The summed E-state index contributed by atoms with van der Waals surface area (Å²) >= 11 is 0. The highest BCUT2D eigenvalue weighted by Gasteiger charge is 2.21. The van der Waals surface area contributed by atoms with E-state index < -0.39 is 0 Å². The highest BCUT2D eigenvalue weighted by atomic mass is 14.5. The molecular formula is C14H21N. The molecule has 1 aliphatic rings. The van der Waals surface area contributed by atoms with Gasteiger partial charge < -0.3 is 5.73 Å². The second-order valence-corrected chi connectivity index (χ2v) is 4.87. The van der Waals surface area contributed by atoms with E-state index in [0.29, 0.717) is 5.92 Å². The molecule has 15 heavy (non-hydrogen) atoms. The third kappa shape index (κ3) is 2.40. The number of rotatable bonds is 4. The van der Waals surface area contributed by atoms with Crippen LogP contribution in [0.15, 0.2) is 24.3 Å². The summed E-state index contributed by atoms with van der Waals surface area (Å²) in [5.74, 6) is 1.44. The van der Waals surface area contributed by atoms with Crippen molar-refractivity contribution < 1.29 is 0 Å². The Kier molecular flexibility index (Phi) is 3.42. The molecule has 1 heteroatoms. The molecule has 0 aromatic heterocycles. The lowest BCUT2D eigenvalue weighted by Crippen LogP contribution is -2.16. The first-order valence-electron chi connectivity index (χ1n) is 6.09. The van der Waals surface area contributed by atoms with Crippen LogP contribution in [0.25, 0.3) is 0 Å². The maximum absolute atomic E-state index is 5.69. The average Bonchev–Trinajstić information content (AvgIpc) is 2.18. The zero-order valence-electron chi connectivity index (χ0n) is 9.58. The fourth-order valence-corrected chi connectivity index (χ4v) is 2.30. The van der Waals surface area contributed by atoms with Crippen molar-refractivity contribution in [1.82, 2.24) is 0 Å². The van der Waals surface area contributed by atoms with Gasteiger partial charge in [-0.1, -0.05) is 37.6 Å². The van der Waals surface area contributed by atoms with Crippen LogP contribution in [0, 0.1) is 5.92 Å². The van der Waals surface area contributed by atoms with Crippen molar-refractivity contribution in [2.75, 3.05) is 6.54 Å². The molecule has 1 aromatic rings. The van der Waals surface area contributed by atoms with Gasteiger partial charge in [0.1, 0.15) is 0 Å². The van der Waals surface area contributed by atoms with Gasteiger partial charge in [-0.25, -0.2) is 0 Å². The van der Waals surface area contributed by atoms with Gasteiger partial charge >= 0.3 is 0 Å². The predicted octanol–water partition coefficient (Wildman–Crippen LogP) is 3.09. The minimum absolute atomic E-state index is 0.603. The molecule has 1 atom stereocenters. The minimum atomic E-state index is 0.603. The highest BCUT2D eigenvalue weighted by Crippen LogP contribution is 2.38. The second kappa shape index (κ2) is 4.80. The van der Waals surface area contributed by atoms with E-state index in [-0.39, 0.29) is 0 Å². The van der Waals surface area contributed by atoms with Crippen LogP contribution in [0.4, 0.5) is 0 Å². The van der Waals surface area contributed by atoms with E-state index in [9.17, 15) is 0 Å². The van der Waals surface area contributed by atoms with Gasteiger partial charge in [0.05, 0.1) is 0 Å². The van der Waals surface area contributed by atoms with Gasteiger partial charge in [-0.2, -0.15) is 0 Å². The Balaban J connectivity index is 2.14. The monoisotopic (exact) mass is 203 g/mol. The van der Waals surface area contributed by atoms with Gasteiger partial charge in [-0.05, 0) is 48.8 Å². The van der Waals surface area contributed by atoms with Crippen LogP contribution in [0.2, 0.25) is 0 Å². The maximum atomic E-state index is 5.69. The lowest BCUT2D eigenvalue weighted by atomic mass is 9.77. The summed E-state index contributed by atoms with van der Waals surface area (Å²) in [5, 5.41) is 0. The topological polar surface area (TPSA) is 26.0 Å². The molecule has 0 amide bonds. The molecule has 82 valence electrons. The van der Waals surface area contributed by atoms with Gasteiger partial charge in [0.25, 0.3) is 0 Å². The summed E-state index contributed by atoms with van der Waals surface area (Å²) in [6.07, 6.45) is 5.32. The van der Waals surface area contributed by atoms with E-state index >= 15 is 0 Å². The van der Waals surface area contributed by atoms with E-state index in [1.54, 1.807) is 5.56 Å². The summed E-state index contributed by atoms with van der Waals surface area (Å²) in [6, 6.07) is 8.91. The van der Waals surface area contributed by atoms with Crippen LogP contribution in [-0.2, 0) is 6.42 Å². The molecule has 0 spiro atoms. The molecule has 0 aliphatic heterocycles. The Labute approximate surface area is 92.7 Å². The molecule has 2 rings (SSSR count). The molecule has 1 saturated carbocycles. The molecule has 0 radical (unpaired) electrons. The van der Waals surface area contributed by atoms with E-state index in [0.717, 1.165) is 18.9 Å². The van der Waals surface area contributed by atoms with Crippen LogP contribution in [-0.4, -0.2) is 6.54 Å². The molecule has 1 aliphatic carbocycles. The average molecular weight is 203 g/mol. The first-order valence-corrected chi connectivity index (χ1v) is 6.09. The van der Waals surface area contributed by atoms with E-state index in [1.807, 2.05) is 0 Å². The molecule has 0 bridgehead atoms. The molecular weight excluding hydrogens is 182 g/mol. The Morgan fingerprint density at radius 2 is 2.07 bits per heavy atom. The first kappa shape index (κ1) is 10.7. The van der Waals surface area contributed by atoms with Gasteiger partial charge in [0, 0.05) is 0 Å². The van der Waals surface area contributed by atoms with Crippen molar-refractivity contribution in [2.24, 2.45) is 11.7 Å². The van der Waals surface area contributed by atoms with Crippen LogP contribution >= 0.6 is 0 Å². The van der Waals surface area contributed by atoms with Crippen molar-refractivity contribution in [2.45, 2.75) is 38.5 Å². The van der Waals surface area contributed by atoms with Gasteiger partial charge in [0.15, 0.2) is 0 Å². The lowest BCUT2D eigenvalue weighted by Gasteiger charge is -2.28. The van der Waals surface area contributed by atoms with E-state index in [2.05, 4.69) is 31.2 Å². The number of benzene rings is 1. The molecule has 1 unspecified atom stereocenters. The molecule has 1 nitrogen and oxygen atoms in total. The Bertz CT molecular complexity index is 315. The van der Waals surface area contributed by atoms with Crippen molar-refractivity contribution >= 4 is 0 Å². The molecule has 2 N–H and O–H groups in total. The third-order valence-corrected chi connectivity index (χ3v) is 3.57. The summed E-state index contributed by atoms with van der Waals surface area (Å²) in [6.45, 7) is 3.02. The molecule has 0 saturated heterocycles. The van der Waals surface area contributed by atoms with Crippen molar-refractivity contribution in [3.05, 3.63) is 35.4 Å². The number of hydrogen-bond donors (Lipinski definition) is 1. The zero-order chi connectivity index (χ0) is 10.7. The Morgan fingerprint density at radius 3 is 2.67 bits per heavy atom. The Morgan fingerprint density at radius 1 is 1.33 bits per heavy atom. The highest BCUT2D eigenvalue weighted by molar-refractivity contribution is 5.32. The Hall–Kier alpha value is -0.820. The fraction of sp³-hybridized carbons (Fsp3) is 0.571. The van der Waals surface area contributed by atoms with Gasteiger partial charge in [-0.3, -0.25) is 0 Å². The zero-order valence-corrected chi connectivity index (χ0v) is 9.58. The standard InChI is InChI=1S/C14H21N/c1-11(10-15)9-13-5-2-3-8-14(13)12-6-4-7-12/h2-3,5,8,11-12H,4,6-7,9-10,15H2,1H3. The maximum Gasteiger partial charge on any atom is -0.00483 e. The third-order valence-electron chi connectivity index (χ3n) is 3.57. The predicted molar refractivity (Wildman–Crippen MR) is 65.0 cm³/mol. The number of nitrogens with two attached hydrogens (primary N) is 1. The fourth-order valence-electron chi connectivity index (χ4n) is 2.30. The number of hydrogen-bond acceptors (Lipinski definition) is 1. The second-order valence-electron chi connectivity index (χ2n) is 4.87. The lowest BCUT2D eigenvalue weighted by molar-refractivity contribution is 0.415. The van der Waals surface area contributed by atoms with Crippen LogP contribution < -0.4 is 5.73 Å². The quantitative estimate of drug-likeness (QED) is 0.799. The normalized spacial score (nSPS) is 18.5. The van der Waals surface area contributed by atoms with Gasteiger partial charge in [0.2, 0.25) is 0 Å². The summed E-state index contributed by atoms with van der Waals surface area (Å²) in [7, 11) is 0. The van der Waals surface area contributed by atoms with E-state index in [1.165, 1.54) is 24.8 Å². The largest absolute Gasteiger partial charge is 0.330 e. The first-order chi connectivity index (χ1) is 7.31. The molecule has 0 heterocycles. The van der Waals surface area contributed by atoms with Crippen molar-refractivity contribution in [1.29, 1.82) is 0 Å². The van der Waals surface area contributed by atoms with Crippen LogP contribution in [0.5, 0.6) is 0 Å². The minimum Gasteiger partial charge on any atom is -0.330 e. The SMILES string of the molecule is CC(CN)Cc1ccccc1C1CCC1. The van der Waals surface area contributed by atoms with Crippen molar-refractivity contribution in [3.8, 4) is 0 Å². The van der Waals surface area contributed by atoms with E-state index in [4.69, 9.17) is 5.73 Å². The van der Waals surface area contributed by atoms with Crippen molar-refractivity contribution in [3.63, 3.8) is 0 Å². The van der Waals surface area contributed by atoms with Crippen LogP contribution in [0.1, 0.15) is 43.2 Å². The van der Waals surface area contributed by atoms with Crippen LogP contribution in [0.3, 0.4) is 0 Å². The van der Waals surface area contributed by atoms with Gasteiger partial charge in [-0.15, -0.1) is 0 Å². The summed E-state index contributed by atoms with van der Waals surface area (Å²) < 4.78 is 0. The smallest absolute Gasteiger partial charge is 0.00483 e. The summed E-state index contributed by atoms with van der Waals surface area (Å²) in [4.78, 5) is 0.